The number of ketones is 1. The van der Waals surface area contributed by atoms with Crippen molar-refractivity contribution in [3.63, 3.8) is 0 Å². The van der Waals surface area contributed by atoms with Crippen molar-refractivity contribution in [2.24, 2.45) is 5.92 Å². The third kappa shape index (κ3) is 4.32. The molecule has 0 bridgehead atoms. The Bertz CT molecular complexity index is 1270. The standard InChI is InChI=1S/C24H22N2O5S/c1-16-6-13-20(14-7-16)32(30,31)25-23(18-8-11-19(12-9-18)26(28)29)22-15-10-17-4-2-3-5-21(17)24(22)27/h2-9,11-14,22-23,25H,10,15H2,1H3/t22-,23+/m0/s1. The Labute approximate surface area is 186 Å². The van der Waals surface area contributed by atoms with Crippen LogP contribution in [0.1, 0.15) is 39.5 Å². The first kappa shape index (κ1) is 21.9. The van der Waals surface area contributed by atoms with Gasteiger partial charge in [0.25, 0.3) is 5.69 Å². The predicted octanol–water partition coefficient (Wildman–Crippen LogP) is 4.37. The molecule has 1 N–H and O–H groups in total. The number of nitrogens with zero attached hydrogens (tertiary/aromatic N) is 1. The lowest BCUT2D eigenvalue weighted by atomic mass is 9.77. The van der Waals surface area contributed by atoms with Crippen LogP contribution in [0.2, 0.25) is 0 Å². The van der Waals surface area contributed by atoms with Crippen molar-refractivity contribution in [1.82, 2.24) is 4.72 Å². The van der Waals surface area contributed by atoms with Crippen LogP contribution < -0.4 is 4.72 Å². The summed E-state index contributed by atoms with van der Waals surface area (Å²) in [6.07, 6.45) is 1.11. The topological polar surface area (TPSA) is 106 Å². The first-order valence-corrected chi connectivity index (χ1v) is 11.7. The summed E-state index contributed by atoms with van der Waals surface area (Å²) in [5.41, 5.74) is 2.86. The fourth-order valence-corrected chi connectivity index (χ4v) is 5.34. The van der Waals surface area contributed by atoms with E-state index in [9.17, 15) is 23.3 Å². The number of benzene rings is 3. The molecule has 0 spiro atoms. The lowest BCUT2D eigenvalue weighted by Gasteiger charge is -2.31. The molecule has 4 rings (SSSR count). The number of fused-ring (bicyclic) bond motifs is 1. The third-order valence-corrected chi connectivity index (χ3v) is 7.28. The highest BCUT2D eigenvalue weighted by Gasteiger charge is 2.37. The summed E-state index contributed by atoms with van der Waals surface area (Å²) in [6, 6.07) is 18.6. The zero-order chi connectivity index (χ0) is 22.9. The highest BCUT2D eigenvalue weighted by atomic mass is 32.2. The average molecular weight is 451 g/mol. The van der Waals surface area contributed by atoms with Crippen molar-refractivity contribution < 1.29 is 18.1 Å². The van der Waals surface area contributed by atoms with Gasteiger partial charge in [-0.3, -0.25) is 14.9 Å². The summed E-state index contributed by atoms with van der Waals surface area (Å²) in [6.45, 7) is 1.86. The number of non-ortho nitro benzene ring substituents is 1. The van der Waals surface area contributed by atoms with Crippen LogP contribution in [0.5, 0.6) is 0 Å². The van der Waals surface area contributed by atoms with Crippen LogP contribution in [0.4, 0.5) is 5.69 Å². The Morgan fingerprint density at radius 3 is 2.31 bits per heavy atom. The molecule has 7 nitrogen and oxygen atoms in total. The van der Waals surface area contributed by atoms with Crippen LogP contribution in [0.25, 0.3) is 0 Å². The van der Waals surface area contributed by atoms with E-state index in [-0.39, 0.29) is 16.4 Å². The largest absolute Gasteiger partial charge is 0.294 e. The fraction of sp³-hybridized carbons (Fsp3) is 0.208. The molecule has 164 valence electrons. The van der Waals surface area contributed by atoms with Gasteiger partial charge in [-0.05, 0) is 43.0 Å². The van der Waals surface area contributed by atoms with Crippen LogP contribution in [0.15, 0.2) is 77.7 Å². The van der Waals surface area contributed by atoms with Crippen LogP contribution in [-0.4, -0.2) is 19.1 Å². The van der Waals surface area contributed by atoms with Gasteiger partial charge in [-0.25, -0.2) is 13.1 Å². The van der Waals surface area contributed by atoms with E-state index in [0.717, 1.165) is 11.1 Å². The van der Waals surface area contributed by atoms with Crippen molar-refractivity contribution in [2.75, 3.05) is 0 Å². The van der Waals surface area contributed by atoms with Crippen molar-refractivity contribution in [2.45, 2.75) is 30.7 Å². The maximum Gasteiger partial charge on any atom is 0.269 e. The number of carbonyl (C=O) groups is 1. The first-order valence-electron chi connectivity index (χ1n) is 10.2. The summed E-state index contributed by atoms with van der Waals surface area (Å²) in [5, 5.41) is 11.1. The van der Waals surface area contributed by atoms with Gasteiger partial charge in [-0.15, -0.1) is 0 Å². The van der Waals surface area contributed by atoms with E-state index in [4.69, 9.17) is 0 Å². The maximum atomic E-state index is 13.3. The molecule has 2 atom stereocenters. The van der Waals surface area contributed by atoms with E-state index in [0.29, 0.717) is 24.0 Å². The number of hydrogen-bond acceptors (Lipinski definition) is 5. The summed E-state index contributed by atoms with van der Waals surface area (Å²) in [4.78, 5) is 24.0. The Kier molecular flexibility index (Phi) is 5.90. The normalized spacial score (nSPS) is 16.9. The fourth-order valence-electron chi connectivity index (χ4n) is 4.08. The minimum atomic E-state index is -3.94. The van der Waals surface area contributed by atoms with Crippen LogP contribution in [0, 0.1) is 23.0 Å². The van der Waals surface area contributed by atoms with Gasteiger partial charge >= 0.3 is 0 Å². The van der Waals surface area contributed by atoms with E-state index in [1.807, 2.05) is 19.1 Å². The molecular weight excluding hydrogens is 428 g/mol. The zero-order valence-electron chi connectivity index (χ0n) is 17.4. The van der Waals surface area contributed by atoms with Crippen LogP contribution in [0.3, 0.4) is 0 Å². The lowest BCUT2D eigenvalue weighted by Crippen LogP contribution is -2.39. The Hall–Kier alpha value is -3.36. The van der Waals surface area contributed by atoms with Crippen molar-refractivity contribution in [3.05, 3.63) is 105 Å². The second kappa shape index (κ2) is 8.64. The first-order chi connectivity index (χ1) is 15.3. The van der Waals surface area contributed by atoms with Crippen molar-refractivity contribution in [1.29, 1.82) is 0 Å². The minimum Gasteiger partial charge on any atom is -0.294 e. The van der Waals surface area contributed by atoms with Gasteiger partial charge in [-0.1, -0.05) is 54.1 Å². The molecule has 1 aliphatic carbocycles. The molecule has 0 radical (unpaired) electrons. The Morgan fingerprint density at radius 2 is 1.66 bits per heavy atom. The molecule has 0 amide bonds. The highest BCUT2D eigenvalue weighted by Crippen LogP contribution is 2.36. The quantitative estimate of drug-likeness (QED) is 0.443. The number of nitro benzene ring substituents is 1. The molecule has 8 heteroatoms. The molecule has 0 aliphatic heterocycles. The van der Waals surface area contributed by atoms with Crippen LogP contribution in [-0.2, 0) is 16.4 Å². The Morgan fingerprint density at radius 1 is 1.00 bits per heavy atom. The molecule has 3 aromatic rings. The molecule has 0 saturated carbocycles. The van der Waals surface area contributed by atoms with Gasteiger partial charge in [0.05, 0.1) is 15.9 Å². The van der Waals surface area contributed by atoms with Gasteiger partial charge in [0.1, 0.15) is 0 Å². The second-order valence-corrected chi connectivity index (χ2v) is 9.64. The number of rotatable bonds is 6. The lowest BCUT2D eigenvalue weighted by molar-refractivity contribution is -0.384. The smallest absolute Gasteiger partial charge is 0.269 e. The molecule has 3 aromatic carbocycles. The highest BCUT2D eigenvalue weighted by molar-refractivity contribution is 7.89. The number of aryl methyl sites for hydroxylation is 2. The van der Waals surface area contributed by atoms with Crippen molar-refractivity contribution in [3.8, 4) is 0 Å². The van der Waals surface area contributed by atoms with Gasteiger partial charge in [-0.2, -0.15) is 0 Å². The number of hydrogen-bond donors (Lipinski definition) is 1. The molecule has 0 aromatic heterocycles. The van der Waals surface area contributed by atoms with E-state index < -0.39 is 26.9 Å². The van der Waals surface area contributed by atoms with Crippen LogP contribution >= 0.6 is 0 Å². The molecule has 32 heavy (non-hydrogen) atoms. The third-order valence-electron chi connectivity index (χ3n) is 5.82. The van der Waals surface area contributed by atoms with E-state index >= 15 is 0 Å². The summed E-state index contributed by atoms with van der Waals surface area (Å²) < 4.78 is 29.0. The molecule has 0 unspecified atom stereocenters. The number of Topliss-reactive ketones (excluding diaryl/α,β-unsaturated/α-hetero) is 1. The SMILES string of the molecule is Cc1ccc(S(=O)(=O)N[C@H](c2ccc([N+](=O)[O-])cc2)[C@@H]2CCc3ccccc3C2=O)cc1. The average Bonchev–Trinajstić information content (AvgIpc) is 2.79. The van der Waals surface area contributed by atoms with E-state index in [1.54, 1.807) is 24.3 Å². The Balaban J connectivity index is 1.74. The second-order valence-electron chi connectivity index (χ2n) is 7.93. The summed E-state index contributed by atoms with van der Waals surface area (Å²) in [7, 11) is -3.94. The molecule has 1 aliphatic rings. The number of carbonyl (C=O) groups excluding carboxylic acids is 1. The summed E-state index contributed by atoms with van der Waals surface area (Å²) in [5.74, 6) is -0.770. The number of nitrogens with one attached hydrogen (secondary N) is 1. The van der Waals surface area contributed by atoms with Gasteiger partial charge in [0.15, 0.2) is 5.78 Å². The number of nitro groups is 1. The van der Waals surface area contributed by atoms with E-state index in [2.05, 4.69) is 4.72 Å². The maximum absolute atomic E-state index is 13.3. The van der Waals surface area contributed by atoms with Gasteiger partial charge < -0.3 is 0 Å². The number of sulfonamides is 1. The molecule has 0 saturated heterocycles. The van der Waals surface area contributed by atoms with Gasteiger partial charge in [0, 0.05) is 23.6 Å². The predicted molar refractivity (Wildman–Crippen MR) is 120 cm³/mol. The zero-order valence-corrected chi connectivity index (χ0v) is 18.2. The minimum absolute atomic E-state index is 0.0960. The van der Waals surface area contributed by atoms with Gasteiger partial charge in [0.2, 0.25) is 10.0 Å². The monoisotopic (exact) mass is 450 g/mol. The van der Waals surface area contributed by atoms with E-state index in [1.165, 1.54) is 36.4 Å². The molecule has 0 fully saturated rings. The van der Waals surface area contributed by atoms with Crippen molar-refractivity contribution >= 4 is 21.5 Å². The molecule has 0 heterocycles. The summed E-state index contributed by atoms with van der Waals surface area (Å²) >= 11 is 0. The molecular formula is C24H22N2O5S.